The van der Waals surface area contributed by atoms with Crippen molar-refractivity contribution in [1.29, 1.82) is 0 Å². The summed E-state index contributed by atoms with van der Waals surface area (Å²) in [5, 5.41) is 11.1. The van der Waals surface area contributed by atoms with Crippen molar-refractivity contribution in [2.45, 2.75) is 5.92 Å². The molecule has 1 N–H and O–H groups in total. The van der Waals surface area contributed by atoms with Crippen LogP contribution >= 0.6 is 11.3 Å². The van der Waals surface area contributed by atoms with Crippen molar-refractivity contribution in [3.05, 3.63) is 57.8 Å². The Morgan fingerprint density at radius 2 is 1.71 bits per heavy atom. The first kappa shape index (κ1) is 13.5. The van der Waals surface area contributed by atoms with Gasteiger partial charge < -0.3 is 5.11 Å². The van der Waals surface area contributed by atoms with E-state index >= 15 is 0 Å². The van der Waals surface area contributed by atoms with Gasteiger partial charge in [0.2, 0.25) is 0 Å². The first-order valence-corrected chi connectivity index (χ1v) is 7.19. The third-order valence-corrected chi connectivity index (χ3v) is 4.41. The van der Waals surface area contributed by atoms with Crippen molar-refractivity contribution in [1.82, 2.24) is 4.90 Å². The zero-order chi connectivity index (χ0) is 15.0. The predicted molar refractivity (Wildman–Crippen MR) is 76.5 cm³/mol. The summed E-state index contributed by atoms with van der Waals surface area (Å²) in [7, 11) is 0. The number of carboxylic acid groups (broad SMARTS) is 1. The molecule has 0 saturated carbocycles. The second kappa shape index (κ2) is 5.14. The number of aliphatic carboxylic acids is 1. The van der Waals surface area contributed by atoms with Crippen molar-refractivity contribution >= 4 is 29.1 Å². The van der Waals surface area contributed by atoms with Gasteiger partial charge in [0, 0.05) is 11.4 Å². The SMILES string of the molecule is O=C(O)C(CN1C(=O)c2ccccc2C1=O)c1cccs1. The lowest BCUT2D eigenvalue weighted by molar-refractivity contribution is -0.138. The molecule has 0 radical (unpaired) electrons. The molecule has 0 fully saturated rings. The normalized spacial score (nSPS) is 15.1. The number of imide groups is 1. The van der Waals surface area contributed by atoms with Crippen LogP contribution in [0.1, 0.15) is 31.5 Å². The Balaban J connectivity index is 1.90. The van der Waals surface area contributed by atoms with Crippen LogP contribution in [0.3, 0.4) is 0 Å². The van der Waals surface area contributed by atoms with Gasteiger partial charge in [-0.05, 0) is 23.6 Å². The van der Waals surface area contributed by atoms with E-state index in [0.29, 0.717) is 16.0 Å². The zero-order valence-electron chi connectivity index (χ0n) is 10.9. The number of nitrogens with zero attached hydrogens (tertiary/aromatic N) is 1. The fourth-order valence-electron chi connectivity index (χ4n) is 2.37. The Kier molecular flexibility index (Phi) is 3.31. The van der Waals surface area contributed by atoms with Crippen LogP contribution in [0.5, 0.6) is 0 Å². The first-order chi connectivity index (χ1) is 10.1. The molecule has 1 unspecified atom stereocenters. The number of hydrogen-bond acceptors (Lipinski definition) is 4. The van der Waals surface area contributed by atoms with Gasteiger partial charge in [0.25, 0.3) is 11.8 Å². The first-order valence-electron chi connectivity index (χ1n) is 6.31. The van der Waals surface area contributed by atoms with E-state index in [4.69, 9.17) is 0 Å². The summed E-state index contributed by atoms with van der Waals surface area (Å²) in [5.41, 5.74) is 0.663. The molecule has 3 rings (SSSR count). The molecule has 2 aromatic rings. The maximum atomic E-state index is 12.3. The van der Waals surface area contributed by atoms with E-state index in [0.717, 1.165) is 4.90 Å². The number of benzene rings is 1. The standard InChI is InChI=1S/C15H11NO4S/c17-13-9-4-1-2-5-10(9)14(18)16(13)8-11(15(19)20)12-6-3-7-21-12/h1-7,11H,8H2,(H,19,20). The molecule has 0 spiro atoms. The van der Waals surface area contributed by atoms with E-state index in [9.17, 15) is 19.5 Å². The lowest BCUT2D eigenvalue weighted by atomic mass is 10.1. The summed E-state index contributed by atoms with van der Waals surface area (Å²) >= 11 is 1.30. The Hall–Kier alpha value is -2.47. The number of rotatable bonds is 4. The summed E-state index contributed by atoms with van der Waals surface area (Å²) in [6, 6.07) is 9.97. The van der Waals surface area contributed by atoms with Crippen molar-refractivity contribution in [3.8, 4) is 0 Å². The van der Waals surface area contributed by atoms with Gasteiger partial charge in [0.1, 0.15) is 5.92 Å². The van der Waals surface area contributed by atoms with Gasteiger partial charge in [0.05, 0.1) is 11.1 Å². The van der Waals surface area contributed by atoms with E-state index in [1.165, 1.54) is 11.3 Å². The maximum absolute atomic E-state index is 12.3. The van der Waals surface area contributed by atoms with Crippen LogP contribution in [0, 0.1) is 0 Å². The van der Waals surface area contributed by atoms with Crippen LogP contribution in [0.2, 0.25) is 0 Å². The highest BCUT2D eigenvalue weighted by molar-refractivity contribution is 7.10. The molecule has 0 saturated heterocycles. The van der Waals surface area contributed by atoms with Gasteiger partial charge in [-0.15, -0.1) is 11.3 Å². The molecule has 21 heavy (non-hydrogen) atoms. The second-order valence-electron chi connectivity index (χ2n) is 4.67. The van der Waals surface area contributed by atoms with E-state index < -0.39 is 23.7 Å². The number of amides is 2. The number of carbonyl (C=O) groups excluding carboxylic acids is 2. The molecular formula is C15H11NO4S. The second-order valence-corrected chi connectivity index (χ2v) is 5.65. The smallest absolute Gasteiger partial charge is 0.313 e. The molecular weight excluding hydrogens is 290 g/mol. The zero-order valence-corrected chi connectivity index (χ0v) is 11.7. The summed E-state index contributed by atoms with van der Waals surface area (Å²) in [4.78, 5) is 37.6. The van der Waals surface area contributed by atoms with E-state index in [1.54, 1.807) is 41.8 Å². The predicted octanol–water partition coefficient (Wildman–Crippen LogP) is 2.21. The molecule has 0 aliphatic carbocycles. The van der Waals surface area contributed by atoms with Crippen LogP contribution in [-0.2, 0) is 4.79 Å². The molecule has 1 aliphatic rings. The highest BCUT2D eigenvalue weighted by atomic mass is 32.1. The minimum atomic E-state index is -1.05. The Labute approximate surface area is 124 Å². The third-order valence-electron chi connectivity index (χ3n) is 3.43. The van der Waals surface area contributed by atoms with E-state index in [-0.39, 0.29) is 6.54 Å². The summed E-state index contributed by atoms with van der Waals surface area (Å²) in [6.45, 7) is -0.151. The molecule has 106 valence electrons. The average molecular weight is 301 g/mol. The van der Waals surface area contributed by atoms with Gasteiger partial charge in [-0.1, -0.05) is 18.2 Å². The average Bonchev–Trinajstić information content (AvgIpc) is 3.07. The number of carboxylic acids is 1. The van der Waals surface area contributed by atoms with E-state index in [2.05, 4.69) is 0 Å². The quantitative estimate of drug-likeness (QED) is 0.879. The van der Waals surface area contributed by atoms with Crippen molar-refractivity contribution in [3.63, 3.8) is 0 Å². The van der Waals surface area contributed by atoms with Crippen LogP contribution in [0.25, 0.3) is 0 Å². The summed E-state index contributed by atoms with van der Waals surface area (Å²) in [6.07, 6.45) is 0. The monoisotopic (exact) mass is 301 g/mol. The molecule has 1 atom stereocenters. The Morgan fingerprint density at radius 3 is 2.19 bits per heavy atom. The minimum absolute atomic E-state index is 0.151. The Morgan fingerprint density at radius 1 is 1.10 bits per heavy atom. The van der Waals surface area contributed by atoms with Crippen LogP contribution < -0.4 is 0 Å². The molecule has 2 heterocycles. The number of thiophene rings is 1. The highest BCUT2D eigenvalue weighted by Crippen LogP contribution is 2.28. The number of hydrogen-bond donors (Lipinski definition) is 1. The molecule has 1 aromatic heterocycles. The van der Waals surface area contributed by atoms with E-state index in [1.807, 2.05) is 0 Å². The number of carbonyl (C=O) groups is 3. The fourth-order valence-corrected chi connectivity index (χ4v) is 3.18. The van der Waals surface area contributed by atoms with Gasteiger partial charge in [-0.3, -0.25) is 19.3 Å². The molecule has 1 aliphatic heterocycles. The largest absolute Gasteiger partial charge is 0.481 e. The Bertz CT molecular complexity index is 688. The number of fused-ring (bicyclic) bond motifs is 1. The summed E-state index contributed by atoms with van der Waals surface area (Å²) < 4.78 is 0. The molecule has 5 nitrogen and oxygen atoms in total. The highest BCUT2D eigenvalue weighted by Gasteiger charge is 2.38. The summed E-state index contributed by atoms with van der Waals surface area (Å²) in [5.74, 6) is -2.81. The van der Waals surface area contributed by atoms with Crippen LogP contribution in [-0.4, -0.2) is 34.3 Å². The topological polar surface area (TPSA) is 74.7 Å². The van der Waals surface area contributed by atoms with Crippen LogP contribution in [0.4, 0.5) is 0 Å². The molecule has 1 aromatic carbocycles. The van der Waals surface area contributed by atoms with Gasteiger partial charge in [0.15, 0.2) is 0 Å². The van der Waals surface area contributed by atoms with Crippen molar-refractivity contribution in [2.75, 3.05) is 6.54 Å². The van der Waals surface area contributed by atoms with Gasteiger partial charge in [-0.2, -0.15) is 0 Å². The van der Waals surface area contributed by atoms with Crippen molar-refractivity contribution in [2.24, 2.45) is 0 Å². The molecule has 6 heteroatoms. The maximum Gasteiger partial charge on any atom is 0.313 e. The fraction of sp³-hybridized carbons (Fsp3) is 0.133. The minimum Gasteiger partial charge on any atom is -0.481 e. The molecule has 2 amide bonds. The lowest BCUT2D eigenvalue weighted by Gasteiger charge is -2.18. The van der Waals surface area contributed by atoms with Gasteiger partial charge >= 0.3 is 5.97 Å². The van der Waals surface area contributed by atoms with Gasteiger partial charge in [-0.25, -0.2) is 0 Å². The molecule has 0 bridgehead atoms. The third kappa shape index (κ3) is 2.23. The van der Waals surface area contributed by atoms with Crippen molar-refractivity contribution < 1.29 is 19.5 Å². The van der Waals surface area contributed by atoms with Crippen LogP contribution in [0.15, 0.2) is 41.8 Å². The lowest BCUT2D eigenvalue weighted by Crippen LogP contribution is -2.36.